The average molecular weight is 283 g/mol. The van der Waals surface area contributed by atoms with Crippen LogP contribution in [0.5, 0.6) is 0 Å². The van der Waals surface area contributed by atoms with E-state index in [0.29, 0.717) is 17.0 Å². The van der Waals surface area contributed by atoms with Gasteiger partial charge in [0.1, 0.15) is 17.5 Å². The molecule has 0 atom stereocenters. The van der Waals surface area contributed by atoms with Gasteiger partial charge in [0.15, 0.2) is 5.65 Å². The largest absolute Gasteiger partial charge is 0.378 e. The van der Waals surface area contributed by atoms with Gasteiger partial charge in [-0.15, -0.1) is 0 Å². The van der Waals surface area contributed by atoms with Gasteiger partial charge in [-0.05, 0) is 24.3 Å². The Bertz CT molecular complexity index is 808. The quantitative estimate of drug-likeness (QED) is 0.589. The Morgan fingerprint density at radius 2 is 1.95 bits per heavy atom. The van der Waals surface area contributed by atoms with Crippen LogP contribution in [0.4, 0.5) is 11.4 Å². The molecule has 0 aliphatic rings. The molecule has 0 unspecified atom stereocenters. The lowest BCUT2D eigenvalue weighted by molar-refractivity contribution is -0.385. The van der Waals surface area contributed by atoms with Crippen molar-refractivity contribution in [2.75, 3.05) is 19.0 Å². The Hall–Kier alpha value is -2.96. The van der Waals surface area contributed by atoms with Crippen LogP contribution in [0.1, 0.15) is 0 Å². The molecule has 106 valence electrons. The van der Waals surface area contributed by atoms with Gasteiger partial charge in [-0.25, -0.2) is 9.97 Å². The molecule has 3 rings (SSSR count). The number of fused-ring (bicyclic) bond motifs is 1. The lowest BCUT2D eigenvalue weighted by atomic mass is 10.2. The number of hydrogen-bond acceptors (Lipinski definition) is 5. The minimum Gasteiger partial charge on any atom is -0.378 e. The topological polar surface area (TPSA) is 87.9 Å². The molecule has 0 saturated heterocycles. The summed E-state index contributed by atoms with van der Waals surface area (Å²) >= 11 is 0. The van der Waals surface area contributed by atoms with E-state index >= 15 is 0 Å². The van der Waals surface area contributed by atoms with Gasteiger partial charge in [0, 0.05) is 31.4 Å². The SMILES string of the molecule is CN(C)c1ccc(-c2nc3cc([N+](=O)[O-])cnc3[nH]2)cc1. The van der Waals surface area contributed by atoms with Gasteiger partial charge in [-0.1, -0.05) is 0 Å². The highest BCUT2D eigenvalue weighted by molar-refractivity contribution is 5.77. The van der Waals surface area contributed by atoms with E-state index in [0.717, 1.165) is 11.3 Å². The Morgan fingerprint density at radius 3 is 2.57 bits per heavy atom. The lowest BCUT2D eigenvalue weighted by Crippen LogP contribution is -2.07. The fourth-order valence-corrected chi connectivity index (χ4v) is 2.04. The molecule has 0 aliphatic carbocycles. The molecule has 0 spiro atoms. The highest BCUT2D eigenvalue weighted by atomic mass is 16.6. The Kier molecular flexibility index (Phi) is 3.02. The number of aromatic nitrogens is 3. The van der Waals surface area contributed by atoms with Gasteiger partial charge < -0.3 is 9.88 Å². The summed E-state index contributed by atoms with van der Waals surface area (Å²) in [7, 11) is 3.94. The molecular weight excluding hydrogens is 270 g/mol. The second-order valence-electron chi connectivity index (χ2n) is 4.85. The van der Waals surface area contributed by atoms with E-state index < -0.39 is 4.92 Å². The maximum atomic E-state index is 10.7. The number of H-pyrrole nitrogens is 1. The molecule has 7 heteroatoms. The van der Waals surface area contributed by atoms with E-state index in [9.17, 15) is 10.1 Å². The monoisotopic (exact) mass is 283 g/mol. The van der Waals surface area contributed by atoms with E-state index in [1.54, 1.807) is 0 Å². The first-order valence-electron chi connectivity index (χ1n) is 6.32. The molecule has 2 heterocycles. The number of hydrogen-bond donors (Lipinski definition) is 1. The second kappa shape index (κ2) is 4.86. The van der Waals surface area contributed by atoms with Gasteiger partial charge in [0.05, 0.1) is 4.92 Å². The minimum absolute atomic E-state index is 0.0662. The zero-order valence-electron chi connectivity index (χ0n) is 11.6. The van der Waals surface area contributed by atoms with E-state index in [2.05, 4.69) is 15.0 Å². The summed E-state index contributed by atoms with van der Waals surface area (Å²) in [6.07, 6.45) is 1.22. The number of nitro groups is 1. The molecule has 0 saturated carbocycles. The van der Waals surface area contributed by atoms with Crippen molar-refractivity contribution >= 4 is 22.5 Å². The van der Waals surface area contributed by atoms with Crippen LogP contribution >= 0.6 is 0 Å². The summed E-state index contributed by atoms with van der Waals surface area (Å²) in [5, 5.41) is 10.7. The number of pyridine rings is 1. The fourth-order valence-electron chi connectivity index (χ4n) is 2.04. The van der Waals surface area contributed by atoms with Crippen molar-refractivity contribution < 1.29 is 4.92 Å². The van der Waals surface area contributed by atoms with Crippen molar-refractivity contribution in [3.63, 3.8) is 0 Å². The number of nitrogens with one attached hydrogen (secondary N) is 1. The van der Waals surface area contributed by atoms with E-state index in [4.69, 9.17) is 0 Å². The average Bonchev–Trinajstić information content (AvgIpc) is 2.90. The van der Waals surface area contributed by atoms with Crippen LogP contribution in [0.3, 0.4) is 0 Å². The smallest absolute Gasteiger partial charge is 0.289 e. The summed E-state index contributed by atoms with van der Waals surface area (Å²) in [5.41, 5.74) is 2.94. The minimum atomic E-state index is -0.479. The molecule has 21 heavy (non-hydrogen) atoms. The Labute approximate surface area is 120 Å². The molecule has 2 aromatic heterocycles. The van der Waals surface area contributed by atoms with Gasteiger partial charge in [0.2, 0.25) is 0 Å². The summed E-state index contributed by atoms with van der Waals surface area (Å²) in [6, 6.07) is 9.27. The fraction of sp³-hybridized carbons (Fsp3) is 0.143. The van der Waals surface area contributed by atoms with Gasteiger partial charge in [0.25, 0.3) is 5.69 Å². The number of rotatable bonds is 3. The van der Waals surface area contributed by atoms with Gasteiger partial charge in [-0.2, -0.15) is 0 Å². The predicted octanol–water partition coefficient (Wildman–Crippen LogP) is 2.60. The normalized spacial score (nSPS) is 10.8. The molecule has 1 aromatic carbocycles. The zero-order chi connectivity index (χ0) is 15.0. The summed E-state index contributed by atoms with van der Waals surface area (Å²) in [4.78, 5) is 23.7. The standard InChI is InChI=1S/C14H13N5O2/c1-18(2)10-5-3-9(4-6-10)13-16-12-7-11(19(20)21)8-15-14(12)17-13/h3-8H,1-2H3,(H,15,16,17). The summed E-state index contributed by atoms with van der Waals surface area (Å²) in [6.45, 7) is 0. The molecule has 0 aliphatic heterocycles. The first-order valence-corrected chi connectivity index (χ1v) is 6.32. The third-order valence-corrected chi connectivity index (χ3v) is 3.19. The van der Waals surface area contributed by atoms with Crippen LogP contribution in [-0.2, 0) is 0 Å². The van der Waals surface area contributed by atoms with Crippen LogP contribution in [0.2, 0.25) is 0 Å². The number of anilines is 1. The molecule has 7 nitrogen and oxygen atoms in total. The van der Waals surface area contributed by atoms with E-state index in [1.165, 1.54) is 12.3 Å². The molecule has 0 amide bonds. The van der Waals surface area contributed by atoms with Crippen LogP contribution < -0.4 is 4.90 Å². The number of benzene rings is 1. The first-order chi connectivity index (χ1) is 10.0. The van der Waals surface area contributed by atoms with Crippen LogP contribution in [0.15, 0.2) is 36.5 Å². The van der Waals surface area contributed by atoms with Crippen molar-refractivity contribution in [3.8, 4) is 11.4 Å². The second-order valence-corrected chi connectivity index (χ2v) is 4.85. The molecule has 1 N–H and O–H groups in total. The van der Waals surface area contributed by atoms with Gasteiger partial charge in [-0.3, -0.25) is 10.1 Å². The summed E-state index contributed by atoms with van der Waals surface area (Å²) in [5.74, 6) is 0.642. The number of aromatic amines is 1. The third kappa shape index (κ3) is 2.40. The van der Waals surface area contributed by atoms with Crippen molar-refractivity contribution in [2.45, 2.75) is 0 Å². The van der Waals surface area contributed by atoms with E-state index in [1.807, 2.05) is 43.3 Å². The van der Waals surface area contributed by atoms with Crippen molar-refractivity contribution in [1.82, 2.24) is 15.0 Å². The van der Waals surface area contributed by atoms with Crippen LogP contribution in [0.25, 0.3) is 22.6 Å². The van der Waals surface area contributed by atoms with Crippen molar-refractivity contribution in [1.29, 1.82) is 0 Å². The molecule has 0 fully saturated rings. The number of imidazole rings is 1. The van der Waals surface area contributed by atoms with Crippen molar-refractivity contribution in [2.24, 2.45) is 0 Å². The highest BCUT2D eigenvalue weighted by Crippen LogP contribution is 2.23. The molecular formula is C14H13N5O2. The predicted molar refractivity (Wildman–Crippen MR) is 80.3 cm³/mol. The molecule has 0 radical (unpaired) electrons. The molecule has 3 aromatic rings. The highest BCUT2D eigenvalue weighted by Gasteiger charge is 2.12. The molecule has 0 bridgehead atoms. The lowest BCUT2D eigenvalue weighted by Gasteiger charge is -2.11. The third-order valence-electron chi connectivity index (χ3n) is 3.19. The van der Waals surface area contributed by atoms with E-state index in [-0.39, 0.29) is 5.69 Å². The first kappa shape index (κ1) is 13.0. The zero-order valence-corrected chi connectivity index (χ0v) is 11.6. The number of nitrogens with zero attached hydrogens (tertiary/aromatic N) is 4. The Morgan fingerprint density at radius 1 is 1.24 bits per heavy atom. The van der Waals surface area contributed by atoms with Gasteiger partial charge >= 0.3 is 0 Å². The summed E-state index contributed by atoms with van der Waals surface area (Å²) < 4.78 is 0. The maximum Gasteiger partial charge on any atom is 0.289 e. The maximum absolute atomic E-state index is 10.7. The van der Waals surface area contributed by atoms with Crippen LogP contribution in [0, 0.1) is 10.1 Å². The van der Waals surface area contributed by atoms with Crippen LogP contribution in [-0.4, -0.2) is 34.0 Å². The Balaban J connectivity index is 2.02. The van der Waals surface area contributed by atoms with Crippen molar-refractivity contribution in [3.05, 3.63) is 46.6 Å².